The zero-order valence-electron chi connectivity index (χ0n) is 15.7. The van der Waals surface area contributed by atoms with Crippen LogP contribution in [-0.4, -0.2) is 26.0 Å². The number of Topliss-reactive ketones (excluding diaryl/α,β-unsaturated/α-hetero) is 1. The molecule has 2 aromatic rings. The van der Waals surface area contributed by atoms with Gasteiger partial charge < -0.3 is 14.3 Å². The molecule has 0 saturated heterocycles. The third kappa shape index (κ3) is 4.44. The van der Waals surface area contributed by atoms with Gasteiger partial charge in [0.15, 0.2) is 11.5 Å². The Morgan fingerprint density at radius 3 is 2.29 bits per heavy atom. The molecule has 0 spiro atoms. The van der Waals surface area contributed by atoms with Crippen LogP contribution in [0.4, 0.5) is 4.39 Å². The van der Waals surface area contributed by atoms with E-state index in [4.69, 9.17) is 20.2 Å². The van der Waals surface area contributed by atoms with Crippen LogP contribution < -0.4 is 5.90 Å². The summed E-state index contributed by atoms with van der Waals surface area (Å²) < 4.78 is 23.6. The molecule has 0 saturated carbocycles. The quantitative estimate of drug-likeness (QED) is 0.258. The average molecular weight is 385 g/mol. The second-order valence-corrected chi connectivity index (χ2v) is 5.72. The van der Waals surface area contributed by atoms with Gasteiger partial charge in [-0.05, 0) is 25.1 Å². The van der Waals surface area contributed by atoms with Gasteiger partial charge in [0.1, 0.15) is 11.4 Å². The summed E-state index contributed by atoms with van der Waals surface area (Å²) in [7, 11) is 2.52. The van der Waals surface area contributed by atoms with Crippen LogP contribution in [0.5, 0.6) is 0 Å². The molecule has 7 heteroatoms. The highest BCUT2D eigenvalue weighted by Gasteiger charge is 2.24. The Bertz CT molecular complexity index is 935. The lowest BCUT2D eigenvalue weighted by molar-refractivity contribution is -0.133. The summed E-state index contributed by atoms with van der Waals surface area (Å²) in [5, 5.41) is 0. The summed E-state index contributed by atoms with van der Waals surface area (Å²) in [6, 6.07) is 12.2. The Balaban J connectivity index is 2.69. The standard InChI is InChI=1S/C21H20FNO5/c1-13(19(24)14-7-5-4-6-8-14)20(28-23)16-10-9-15(22)11-17(16)18(12-26-2)21(25)27-3/h4-12H,23H2,1-3H3. The molecule has 0 atom stereocenters. The molecule has 0 bridgehead atoms. The van der Waals surface area contributed by atoms with Crippen LogP contribution in [0.1, 0.15) is 28.4 Å². The molecule has 146 valence electrons. The van der Waals surface area contributed by atoms with Crippen molar-refractivity contribution in [2.24, 2.45) is 5.90 Å². The van der Waals surface area contributed by atoms with Crippen molar-refractivity contribution in [1.29, 1.82) is 0 Å². The average Bonchev–Trinajstić information content (AvgIpc) is 2.72. The van der Waals surface area contributed by atoms with Gasteiger partial charge >= 0.3 is 5.97 Å². The summed E-state index contributed by atoms with van der Waals surface area (Å²) in [5.74, 6) is 3.75. The second kappa shape index (κ2) is 9.48. The predicted molar refractivity (Wildman–Crippen MR) is 102 cm³/mol. The van der Waals surface area contributed by atoms with Crippen LogP contribution in [0, 0.1) is 5.82 Å². The van der Waals surface area contributed by atoms with Gasteiger partial charge in [0.25, 0.3) is 0 Å². The zero-order chi connectivity index (χ0) is 20.7. The smallest absolute Gasteiger partial charge is 0.341 e. The van der Waals surface area contributed by atoms with E-state index in [0.29, 0.717) is 5.56 Å². The molecule has 0 heterocycles. The maximum absolute atomic E-state index is 13.9. The van der Waals surface area contributed by atoms with E-state index in [1.807, 2.05) is 0 Å². The Kier molecular flexibility index (Phi) is 7.06. The van der Waals surface area contributed by atoms with Crippen molar-refractivity contribution in [3.8, 4) is 0 Å². The van der Waals surface area contributed by atoms with Crippen LogP contribution in [0.15, 0.2) is 60.4 Å². The Hall–Kier alpha value is -3.45. The van der Waals surface area contributed by atoms with Crippen molar-refractivity contribution in [3.05, 3.63) is 82.9 Å². The van der Waals surface area contributed by atoms with Crippen LogP contribution in [0.25, 0.3) is 11.3 Å². The fourth-order valence-electron chi connectivity index (χ4n) is 2.65. The number of esters is 1. The highest BCUT2D eigenvalue weighted by Crippen LogP contribution is 2.30. The van der Waals surface area contributed by atoms with Crippen LogP contribution in [0.3, 0.4) is 0 Å². The summed E-state index contributed by atoms with van der Waals surface area (Å²) in [4.78, 5) is 29.9. The van der Waals surface area contributed by atoms with Gasteiger partial charge in [-0.15, -0.1) is 0 Å². The number of methoxy groups -OCH3 is 2. The number of hydrogen-bond donors (Lipinski definition) is 1. The normalized spacial score (nSPS) is 12.1. The maximum Gasteiger partial charge on any atom is 0.341 e. The topological polar surface area (TPSA) is 87.8 Å². The molecular formula is C21H20FNO5. The summed E-state index contributed by atoms with van der Waals surface area (Å²) in [5.41, 5.74) is 0.893. The lowest BCUT2D eigenvalue weighted by Gasteiger charge is -2.15. The van der Waals surface area contributed by atoms with Crippen molar-refractivity contribution in [1.82, 2.24) is 0 Å². The SMILES string of the molecule is COC=C(C(=O)OC)c1cc(F)ccc1C(ON)=C(C)C(=O)c1ccccc1. The lowest BCUT2D eigenvalue weighted by atomic mass is 9.94. The molecule has 2 rings (SSSR count). The van der Waals surface area contributed by atoms with Gasteiger partial charge in [0.2, 0.25) is 0 Å². The van der Waals surface area contributed by atoms with E-state index in [-0.39, 0.29) is 33.8 Å². The lowest BCUT2D eigenvalue weighted by Crippen LogP contribution is -2.12. The molecule has 0 aliphatic rings. The summed E-state index contributed by atoms with van der Waals surface area (Å²) in [6.07, 6.45) is 1.12. The van der Waals surface area contributed by atoms with Gasteiger partial charge in [-0.2, -0.15) is 5.90 Å². The molecule has 2 aromatic carbocycles. The first kappa shape index (κ1) is 20.9. The predicted octanol–water partition coefficient (Wildman–Crippen LogP) is 3.49. The first-order valence-corrected chi connectivity index (χ1v) is 8.23. The molecule has 0 aliphatic heterocycles. The number of ketones is 1. The molecule has 6 nitrogen and oxygen atoms in total. The van der Waals surface area contributed by atoms with Gasteiger partial charge in [0, 0.05) is 22.3 Å². The highest BCUT2D eigenvalue weighted by atomic mass is 19.1. The molecule has 0 unspecified atom stereocenters. The van der Waals surface area contributed by atoms with E-state index in [1.165, 1.54) is 33.3 Å². The summed E-state index contributed by atoms with van der Waals surface area (Å²) in [6.45, 7) is 1.53. The van der Waals surface area contributed by atoms with E-state index in [0.717, 1.165) is 12.3 Å². The van der Waals surface area contributed by atoms with E-state index < -0.39 is 11.8 Å². The van der Waals surface area contributed by atoms with Gasteiger partial charge in [0.05, 0.1) is 20.5 Å². The van der Waals surface area contributed by atoms with Gasteiger partial charge in [-0.1, -0.05) is 30.3 Å². The first-order chi connectivity index (χ1) is 13.4. The van der Waals surface area contributed by atoms with Gasteiger partial charge in [-0.3, -0.25) is 4.79 Å². The number of carbonyl (C=O) groups is 2. The number of benzene rings is 2. The van der Waals surface area contributed by atoms with Crippen LogP contribution in [-0.2, 0) is 19.1 Å². The number of nitrogens with two attached hydrogens (primary N) is 1. The summed E-state index contributed by atoms with van der Waals surface area (Å²) >= 11 is 0. The van der Waals surface area contributed by atoms with E-state index in [1.54, 1.807) is 30.3 Å². The van der Waals surface area contributed by atoms with Crippen LogP contribution in [0.2, 0.25) is 0 Å². The molecule has 0 aliphatic carbocycles. The Morgan fingerprint density at radius 1 is 1.04 bits per heavy atom. The van der Waals surface area contributed by atoms with Crippen molar-refractivity contribution in [2.45, 2.75) is 6.92 Å². The minimum absolute atomic E-state index is 0.00485. The number of carbonyl (C=O) groups excluding carboxylic acids is 2. The van der Waals surface area contributed by atoms with E-state index in [2.05, 4.69) is 0 Å². The first-order valence-electron chi connectivity index (χ1n) is 8.23. The highest BCUT2D eigenvalue weighted by molar-refractivity contribution is 6.18. The van der Waals surface area contributed by atoms with E-state index in [9.17, 15) is 14.0 Å². The minimum atomic E-state index is -0.753. The second-order valence-electron chi connectivity index (χ2n) is 5.72. The number of hydrogen-bond acceptors (Lipinski definition) is 6. The fraction of sp³-hybridized carbons (Fsp3) is 0.143. The third-order valence-corrected chi connectivity index (χ3v) is 3.99. The molecule has 0 amide bonds. The molecule has 0 aromatic heterocycles. The number of allylic oxidation sites excluding steroid dienone is 1. The molecule has 2 N–H and O–H groups in total. The third-order valence-electron chi connectivity index (χ3n) is 3.99. The van der Waals surface area contributed by atoms with Crippen molar-refractivity contribution in [2.75, 3.05) is 14.2 Å². The molecule has 28 heavy (non-hydrogen) atoms. The molecule has 0 fully saturated rings. The number of halogens is 1. The monoisotopic (exact) mass is 385 g/mol. The number of rotatable bonds is 7. The van der Waals surface area contributed by atoms with Crippen LogP contribution >= 0.6 is 0 Å². The maximum atomic E-state index is 13.9. The molecular weight excluding hydrogens is 365 g/mol. The molecule has 0 radical (unpaired) electrons. The Labute approximate surface area is 162 Å². The number of ether oxygens (including phenoxy) is 2. The van der Waals surface area contributed by atoms with E-state index >= 15 is 0 Å². The Morgan fingerprint density at radius 2 is 1.71 bits per heavy atom. The fourth-order valence-corrected chi connectivity index (χ4v) is 2.65. The van der Waals surface area contributed by atoms with Crippen molar-refractivity contribution >= 4 is 23.1 Å². The van der Waals surface area contributed by atoms with Gasteiger partial charge in [-0.25, -0.2) is 9.18 Å². The van der Waals surface area contributed by atoms with Crippen molar-refractivity contribution in [3.63, 3.8) is 0 Å². The largest absolute Gasteiger partial charge is 0.503 e. The minimum Gasteiger partial charge on any atom is -0.503 e. The van der Waals surface area contributed by atoms with Crippen molar-refractivity contribution < 1.29 is 28.3 Å². The zero-order valence-corrected chi connectivity index (χ0v) is 15.7.